The summed E-state index contributed by atoms with van der Waals surface area (Å²) in [6.45, 7) is 1.32. The minimum absolute atomic E-state index is 0.0927. The second-order valence-electron chi connectivity index (χ2n) is 7.11. The molecule has 0 unspecified atom stereocenters. The topological polar surface area (TPSA) is 90.0 Å². The molecule has 0 aliphatic heterocycles. The second kappa shape index (κ2) is 8.27. The third kappa shape index (κ3) is 4.40. The number of aryl methyl sites for hydroxylation is 1. The van der Waals surface area contributed by atoms with E-state index < -0.39 is 35.2 Å². The summed E-state index contributed by atoms with van der Waals surface area (Å²) < 4.78 is 81.4. The van der Waals surface area contributed by atoms with Crippen LogP contribution in [0.5, 0.6) is 0 Å². The Morgan fingerprint density at radius 1 is 1.12 bits per heavy atom. The van der Waals surface area contributed by atoms with Crippen LogP contribution in [-0.2, 0) is 12.5 Å². The molecule has 1 amide bonds. The van der Waals surface area contributed by atoms with Crippen molar-refractivity contribution in [3.63, 3.8) is 0 Å². The molecule has 15 heteroatoms. The minimum Gasteiger partial charge on any atom is -0.288 e. The van der Waals surface area contributed by atoms with Gasteiger partial charge in [-0.3, -0.25) is 10.1 Å². The van der Waals surface area contributed by atoms with Gasteiger partial charge in [-0.1, -0.05) is 17.7 Å². The molecule has 1 N–H and O–H groups in total. The van der Waals surface area contributed by atoms with Gasteiger partial charge in [0.2, 0.25) is 5.95 Å². The van der Waals surface area contributed by atoms with Gasteiger partial charge in [0.25, 0.3) is 5.91 Å². The van der Waals surface area contributed by atoms with Gasteiger partial charge in [0.05, 0.1) is 6.54 Å². The van der Waals surface area contributed by atoms with Crippen LogP contribution in [0.25, 0.3) is 5.65 Å². The first-order valence-electron chi connectivity index (χ1n) is 9.32. The van der Waals surface area contributed by atoms with E-state index in [1.807, 2.05) is 0 Å². The first-order valence-corrected chi connectivity index (χ1v) is 9.70. The van der Waals surface area contributed by atoms with Crippen molar-refractivity contribution >= 4 is 29.1 Å². The molecular weight excluding hydrogens is 492 g/mol. The van der Waals surface area contributed by atoms with Crippen molar-refractivity contribution in [2.75, 3.05) is 5.32 Å². The maximum atomic E-state index is 14.0. The summed E-state index contributed by atoms with van der Waals surface area (Å²) in [7, 11) is 0. The molecular formula is C19H12ClF6N7O. The van der Waals surface area contributed by atoms with Crippen molar-refractivity contribution in [3.8, 4) is 0 Å². The highest BCUT2D eigenvalue weighted by Crippen LogP contribution is 2.43. The van der Waals surface area contributed by atoms with E-state index in [-0.39, 0.29) is 33.4 Å². The molecule has 0 aliphatic carbocycles. The largest absolute Gasteiger partial charge is 0.459 e. The maximum Gasteiger partial charge on any atom is 0.459 e. The Bertz CT molecular complexity index is 1400. The average Bonchev–Trinajstić information content (AvgIpc) is 3.35. The molecule has 3 heterocycles. The van der Waals surface area contributed by atoms with Crippen molar-refractivity contribution in [1.82, 2.24) is 29.4 Å². The number of nitrogens with zero attached hydrogens (tertiary/aromatic N) is 6. The van der Waals surface area contributed by atoms with Gasteiger partial charge in [-0.25, -0.2) is 23.6 Å². The van der Waals surface area contributed by atoms with Crippen LogP contribution in [0.2, 0.25) is 5.02 Å². The lowest BCUT2D eigenvalue weighted by Crippen LogP contribution is -2.36. The van der Waals surface area contributed by atoms with E-state index in [1.54, 1.807) is 0 Å². The van der Waals surface area contributed by atoms with E-state index in [1.165, 1.54) is 30.1 Å². The molecule has 3 aromatic heterocycles. The van der Waals surface area contributed by atoms with Gasteiger partial charge in [-0.2, -0.15) is 27.1 Å². The lowest BCUT2D eigenvalue weighted by Gasteiger charge is -2.20. The highest BCUT2D eigenvalue weighted by molar-refractivity contribution is 6.31. The minimum atomic E-state index is -5.88. The number of anilines is 1. The zero-order chi connectivity index (χ0) is 24.8. The van der Waals surface area contributed by atoms with E-state index in [0.29, 0.717) is 11.6 Å². The Balaban J connectivity index is 1.58. The van der Waals surface area contributed by atoms with Crippen molar-refractivity contribution in [1.29, 1.82) is 0 Å². The van der Waals surface area contributed by atoms with E-state index in [0.717, 1.165) is 12.1 Å². The van der Waals surface area contributed by atoms with Gasteiger partial charge in [-0.15, -0.1) is 5.10 Å². The third-order valence-corrected chi connectivity index (χ3v) is 4.93. The molecule has 0 saturated carbocycles. The quantitative estimate of drug-likeness (QED) is 0.408. The molecule has 1 aromatic carbocycles. The molecule has 0 atom stereocenters. The average molecular weight is 504 g/mol. The highest BCUT2D eigenvalue weighted by Gasteiger charge is 2.60. The van der Waals surface area contributed by atoms with Gasteiger partial charge < -0.3 is 0 Å². The number of alkyl halides is 5. The van der Waals surface area contributed by atoms with Crippen molar-refractivity contribution in [2.24, 2.45) is 0 Å². The van der Waals surface area contributed by atoms with Gasteiger partial charge in [0.15, 0.2) is 11.3 Å². The molecule has 0 radical (unpaired) electrons. The molecule has 0 fully saturated rings. The van der Waals surface area contributed by atoms with Crippen LogP contribution >= 0.6 is 11.6 Å². The van der Waals surface area contributed by atoms with Crippen molar-refractivity contribution in [3.05, 3.63) is 70.1 Å². The standard InChI is InChI=1S/C19H12ClF6N7O/c1-9-4-14(18(22,23)19(24,25)26)33-15(28-9)6-13(30-33)16(34)29-17-27-8-32(31-17)7-10-2-3-11(21)5-12(10)20/h2-6,8H,7H2,1H3,(H,29,31,34). The van der Waals surface area contributed by atoms with E-state index in [4.69, 9.17) is 11.6 Å². The number of hydrogen-bond donors (Lipinski definition) is 1. The van der Waals surface area contributed by atoms with Crippen LogP contribution in [0.3, 0.4) is 0 Å². The molecule has 0 aliphatic rings. The van der Waals surface area contributed by atoms with Gasteiger partial charge >= 0.3 is 12.1 Å². The number of rotatable bonds is 5. The summed E-state index contributed by atoms with van der Waals surface area (Å²) in [5.74, 6) is -6.93. The van der Waals surface area contributed by atoms with Crippen LogP contribution in [0.1, 0.15) is 27.4 Å². The number of hydrogen-bond acceptors (Lipinski definition) is 5. The number of amides is 1. The number of carbonyl (C=O) groups excluding carboxylic acids is 1. The molecule has 0 spiro atoms. The van der Waals surface area contributed by atoms with Crippen LogP contribution in [-0.4, -0.2) is 41.4 Å². The van der Waals surface area contributed by atoms with Gasteiger partial charge in [-0.05, 0) is 30.7 Å². The monoisotopic (exact) mass is 503 g/mol. The summed E-state index contributed by atoms with van der Waals surface area (Å²) in [5, 5.41) is 9.98. The molecule has 0 saturated heterocycles. The molecule has 34 heavy (non-hydrogen) atoms. The fourth-order valence-corrected chi connectivity index (χ4v) is 3.23. The molecule has 8 nitrogen and oxygen atoms in total. The molecule has 0 bridgehead atoms. The number of aromatic nitrogens is 6. The van der Waals surface area contributed by atoms with Crippen molar-refractivity contribution < 1.29 is 31.1 Å². The summed E-state index contributed by atoms with van der Waals surface area (Å²) in [6.07, 6.45) is -4.64. The molecule has 178 valence electrons. The van der Waals surface area contributed by atoms with Crippen molar-refractivity contribution in [2.45, 2.75) is 25.6 Å². The van der Waals surface area contributed by atoms with E-state index >= 15 is 0 Å². The number of fused-ring (bicyclic) bond motifs is 1. The lowest BCUT2D eigenvalue weighted by atomic mass is 10.2. The van der Waals surface area contributed by atoms with Crippen LogP contribution in [0.15, 0.2) is 36.7 Å². The first-order chi connectivity index (χ1) is 15.8. The summed E-state index contributed by atoms with van der Waals surface area (Å²) in [5.41, 5.74) is -1.96. The van der Waals surface area contributed by atoms with Gasteiger partial charge in [0.1, 0.15) is 17.8 Å². The summed E-state index contributed by atoms with van der Waals surface area (Å²) in [6, 6.07) is 5.26. The summed E-state index contributed by atoms with van der Waals surface area (Å²) in [4.78, 5) is 20.2. The second-order valence-corrected chi connectivity index (χ2v) is 7.52. The highest BCUT2D eigenvalue weighted by atomic mass is 35.5. The fourth-order valence-electron chi connectivity index (χ4n) is 3.00. The number of nitrogens with one attached hydrogen (secondary N) is 1. The Morgan fingerprint density at radius 2 is 1.85 bits per heavy atom. The third-order valence-electron chi connectivity index (χ3n) is 4.57. The first kappa shape index (κ1) is 23.5. The number of benzene rings is 1. The van der Waals surface area contributed by atoms with Crippen LogP contribution < -0.4 is 5.32 Å². The molecule has 4 rings (SSSR count). The Hall–Kier alpha value is -3.68. The Morgan fingerprint density at radius 3 is 2.53 bits per heavy atom. The zero-order valence-electron chi connectivity index (χ0n) is 16.9. The Kier molecular flexibility index (Phi) is 5.71. The fraction of sp³-hybridized carbons (Fsp3) is 0.211. The predicted octanol–water partition coefficient (Wildman–Crippen LogP) is 4.38. The SMILES string of the molecule is Cc1cc(C(F)(F)C(F)(F)F)n2nc(C(=O)Nc3ncn(Cc4ccc(F)cc4Cl)n3)cc2n1. The van der Waals surface area contributed by atoms with Gasteiger partial charge in [0, 0.05) is 16.8 Å². The predicted molar refractivity (Wildman–Crippen MR) is 106 cm³/mol. The number of halogens is 7. The lowest BCUT2D eigenvalue weighted by molar-refractivity contribution is -0.291. The Labute approximate surface area is 191 Å². The maximum absolute atomic E-state index is 14.0. The normalized spacial score (nSPS) is 12.4. The van der Waals surface area contributed by atoms with Crippen LogP contribution in [0, 0.1) is 12.7 Å². The smallest absolute Gasteiger partial charge is 0.288 e. The zero-order valence-corrected chi connectivity index (χ0v) is 17.7. The summed E-state index contributed by atoms with van der Waals surface area (Å²) >= 11 is 5.96. The molecule has 4 aromatic rings. The van der Waals surface area contributed by atoms with Crippen LogP contribution in [0.4, 0.5) is 32.3 Å². The number of carbonyl (C=O) groups is 1. The van der Waals surface area contributed by atoms with E-state index in [2.05, 4.69) is 25.5 Å². The van der Waals surface area contributed by atoms with E-state index in [9.17, 15) is 31.1 Å².